The van der Waals surface area contributed by atoms with Crippen LogP contribution in [0.5, 0.6) is 5.75 Å². The molecular weight excluding hydrogens is 411 g/mol. The minimum absolute atomic E-state index is 0.0819. The van der Waals surface area contributed by atoms with E-state index in [4.69, 9.17) is 21.1 Å². The Kier molecular flexibility index (Phi) is 6.50. The van der Waals surface area contributed by atoms with Gasteiger partial charge in [0.05, 0.1) is 23.1 Å². The number of hydrogen-bond acceptors (Lipinski definition) is 5. The van der Waals surface area contributed by atoms with Crippen LogP contribution < -0.4 is 10.1 Å². The third-order valence-corrected chi connectivity index (χ3v) is 6.17. The number of morpholine rings is 1. The van der Waals surface area contributed by atoms with Crippen molar-refractivity contribution < 1.29 is 27.1 Å². The van der Waals surface area contributed by atoms with Crippen LogP contribution in [-0.2, 0) is 19.6 Å². The number of rotatable bonds is 6. The van der Waals surface area contributed by atoms with E-state index >= 15 is 0 Å². The monoisotopic (exact) mass is 428 g/mol. The molecule has 2 aromatic rings. The molecule has 10 heteroatoms. The molecule has 1 saturated heterocycles. The van der Waals surface area contributed by atoms with E-state index in [1.54, 1.807) is 12.1 Å². The summed E-state index contributed by atoms with van der Waals surface area (Å²) in [6, 6.07) is 9.72. The maximum Gasteiger partial charge on any atom is 0.262 e. The largest absolute Gasteiger partial charge is 0.484 e. The van der Waals surface area contributed by atoms with Gasteiger partial charge in [0.25, 0.3) is 5.91 Å². The average molecular weight is 429 g/mol. The number of halogens is 2. The highest BCUT2D eigenvalue weighted by Crippen LogP contribution is 2.22. The van der Waals surface area contributed by atoms with E-state index in [1.165, 1.54) is 28.6 Å². The van der Waals surface area contributed by atoms with Gasteiger partial charge in [0.15, 0.2) is 6.61 Å². The molecule has 1 amide bonds. The zero-order chi connectivity index (χ0) is 20.1. The lowest BCUT2D eigenvalue weighted by Gasteiger charge is -2.26. The first kappa shape index (κ1) is 20.5. The number of sulfonamides is 1. The van der Waals surface area contributed by atoms with Crippen molar-refractivity contribution in [2.75, 3.05) is 38.2 Å². The summed E-state index contributed by atoms with van der Waals surface area (Å²) in [5, 5.41) is 2.46. The molecule has 0 atom stereocenters. The fraction of sp³-hybridized carbons (Fsp3) is 0.278. The van der Waals surface area contributed by atoms with Crippen molar-refractivity contribution in [3.05, 3.63) is 53.3 Å². The summed E-state index contributed by atoms with van der Waals surface area (Å²) in [6.07, 6.45) is 0. The van der Waals surface area contributed by atoms with Crippen molar-refractivity contribution in [1.29, 1.82) is 0 Å². The molecule has 0 unspecified atom stereocenters. The minimum Gasteiger partial charge on any atom is -0.484 e. The number of nitrogens with one attached hydrogen (secondary N) is 1. The Hall–Kier alpha value is -2.20. The van der Waals surface area contributed by atoms with Gasteiger partial charge in [0.1, 0.15) is 11.6 Å². The molecule has 0 spiro atoms. The number of benzene rings is 2. The van der Waals surface area contributed by atoms with Crippen LogP contribution in [0.2, 0.25) is 5.02 Å². The van der Waals surface area contributed by atoms with Crippen LogP contribution in [0, 0.1) is 5.82 Å². The number of ether oxygens (including phenoxy) is 2. The van der Waals surface area contributed by atoms with Crippen LogP contribution in [0.25, 0.3) is 0 Å². The van der Waals surface area contributed by atoms with Crippen molar-refractivity contribution >= 4 is 33.2 Å². The van der Waals surface area contributed by atoms with Crippen LogP contribution in [-0.4, -0.2) is 51.5 Å². The summed E-state index contributed by atoms with van der Waals surface area (Å²) in [7, 11) is -3.66. The minimum atomic E-state index is -3.66. The summed E-state index contributed by atoms with van der Waals surface area (Å²) < 4.78 is 50.3. The Bertz CT molecular complexity index is 964. The summed E-state index contributed by atoms with van der Waals surface area (Å²) >= 11 is 5.66. The van der Waals surface area contributed by atoms with E-state index in [0.29, 0.717) is 18.9 Å². The number of amides is 1. The first-order valence-electron chi connectivity index (χ1n) is 8.42. The second-order valence-electron chi connectivity index (χ2n) is 5.96. The van der Waals surface area contributed by atoms with Crippen LogP contribution in [0.1, 0.15) is 0 Å². The van der Waals surface area contributed by atoms with Crippen molar-refractivity contribution in [2.45, 2.75) is 4.90 Å². The summed E-state index contributed by atoms with van der Waals surface area (Å²) in [5.41, 5.74) is 0.320. The molecule has 3 rings (SSSR count). The quantitative estimate of drug-likeness (QED) is 0.764. The van der Waals surface area contributed by atoms with Gasteiger partial charge in [-0.15, -0.1) is 0 Å². The second-order valence-corrected chi connectivity index (χ2v) is 8.30. The standard InChI is InChI=1S/C18H18ClFN2O5S/c19-16-11-14(4-5-17(16)20)27-12-18(23)21-13-2-1-3-15(10-13)28(24,25)22-6-8-26-9-7-22/h1-5,10-11H,6-9,12H2,(H,21,23). The molecule has 28 heavy (non-hydrogen) atoms. The Morgan fingerprint density at radius 2 is 1.96 bits per heavy atom. The highest BCUT2D eigenvalue weighted by atomic mass is 35.5. The van der Waals surface area contributed by atoms with Crippen molar-refractivity contribution in [3.63, 3.8) is 0 Å². The Balaban J connectivity index is 1.63. The number of nitrogens with zero attached hydrogens (tertiary/aromatic N) is 1. The van der Waals surface area contributed by atoms with Crippen molar-refractivity contribution in [3.8, 4) is 5.75 Å². The van der Waals surface area contributed by atoms with Crippen LogP contribution >= 0.6 is 11.6 Å². The molecule has 0 aromatic heterocycles. The molecule has 0 radical (unpaired) electrons. The number of carbonyl (C=O) groups is 1. The first-order valence-corrected chi connectivity index (χ1v) is 10.2. The van der Waals surface area contributed by atoms with Crippen LogP contribution in [0.3, 0.4) is 0 Å². The smallest absolute Gasteiger partial charge is 0.262 e. The highest BCUT2D eigenvalue weighted by Gasteiger charge is 2.26. The molecule has 0 aliphatic carbocycles. The third-order valence-electron chi connectivity index (χ3n) is 3.99. The van der Waals surface area contributed by atoms with Crippen molar-refractivity contribution in [1.82, 2.24) is 4.31 Å². The van der Waals surface area contributed by atoms with Gasteiger partial charge in [-0.1, -0.05) is 17.7 Å². The average Bonchev–Trinajstić information content (AvgIpc) is 2.70. The molecule has 0 saturated carbocycles. The topological polar surface area (TPSA) is 84.9 Å². The number of carbonyl (C=O) groups excluding carboxylic acids is 1. The molecule has 1 fully saturated rings. The third kappa shape index (κ3) is 4.99. The lowest BCUT2D eigenvalue weighted by molar-refractivity contribution is -0.118. The van der Waals surface area contributed by atoms with E-state index in [2.05, 4.69) is 5.32 Å². The van der Waals surface area contributed by atoms with E-state index < -0.39 is 21.7 Å². The summed E-state index contributed by atoms with van der Waals surface area (Å²) in [4.78, 5) is 12.2. The predicted octanol–water partition coefficient (Wildman–Crippen LogP) is 2.52. The second kappa shape index (κ2) is 8.87. The van der Waals surface area contributed by atoms with Gasteiger partial charge >= 0.3 is 0 Å². The van der Waals surface area contributed by atoms with Gasteiger partial charge in [0.2, 0.25) is 10.0 Å². The molecule has 1 N–H and O–H groups in total. The number of anilines is 1. The zero-order valence-corrected chi connectivity index (χ0v) is 16.3. The molecule has 7 nitrogen and oxygen atoms in total. The Morgan fingerprint density at radius 1 is 1.21 bits per heavy atom. The summed E-state index contributed by atoms with van der Waals surface area (Å²) in [6.45, 7) is 0.920. The maximum atomic E-state index is 13.1. The van der Waals surface area contributed by atoms with Gasteiger partial charge in [-0.05, 0) is 30.3 Å². The van der Waals surface area contributed by atoms with E-state index in [-0.39, 0.29) is 35.4 Å². The molecule has 150 valence electrons. The number of hydrogen-bond donors (Lipinski definition) is 1. The maximum absolute atomic E-state index is 13.1. The molecule has 1 aliphatic heterocycles. The molecule has 2 aromatic carbocycles. The van der Waals surface area contributed by atoms with Gasteiger partial charge in [-0.25, -0.2) is 12.8 Å². The van der Waals surface area contributed by atoms with Gasteiger partial charge in [0, 0.05) is 24.8 Å². The molecule has 0 bridgehead atoms. The fourth-order valence-corrected chi connectivity index (χ4v) is 4.21. The molecule has 1 heterocycles. The summed E-state index contributed by atoms with van der Waals surface area (Å²) in [5.74, 6) is -0.844. The normalized spacial score (nSPS) is 15.2. The van der Waals surface area contributed by atoms with Crippen LogP contribution in [0.15, 0.2) is 47.4 Å². The lowest BCUT2D eigenvalue weighted by atomic mass is 10.3. The predicted molar refractivity (Wildman–Crippen MR) is 102 cm³/mol. The molecule has 1 aliphatic rings. The molecular formula is C18H18ClFN2O5S. The first-order chi connectivity index (χ1) is 13.4. The Morgan fingerprint density at radius 3 is 2.68 bits per heavy atom. The van der Waals surface area contributed by atoms with Crippen LogP contribution in [0.4, 0.5) is 10.1 Å². The SMILES string of the molecule is O=C(COc1ccc(F)c(Cl)c1)Nc1cccc(S(=O)(=O)N2CCOCC2)c1. The van der Waals surface area contributed by atoms with E-state index in [9.17, 15) is 17.6 Å². The van der Waals surface area contributed by atoms with Gasteiger partial charge < -0.3 is 14.8 Å². The van der Waals surface area contributed by atoms with Gasteiger partial charge in [-0.2, -0.15) is 4.31 Å². The van der Waals surface area contributed by atoms with Gasteiger partial charge in [-0.3, -0.25) is 4.79 Å². The van der Waals surface area contributed by atoms with E-state index in [1.807, 2.05) is 0 Å². The lowest BCUT2D eigenvalue weighted by Crippen LogP contribution is -2.40. The van der Waals surface area contributed by atoms with Crippen molar-refractivity contribution in [2.24, 2.45) is 0 Å². The Labute approximate surface area is 167 Å². The zero-order valence-electron chi connectivity index (χ0n) is 14.7. The fourth-order valence-electron chi connectivity index (χ4n) is 2.58. The van der Waals surface area contributed by atoms with E-state index in [0.717, 1.165) is 6.07 Å². The highest BCUT2D eigenvalue weighted by molar-refractivity contribution is 7.89.